The lowest BCUT2D eigenvalue weighted by atomic mass is 9.88. The predicted molar refractivity (Wildman–Crippen MR) is 154 cm³/mol. The normalized spacial score (nSPS) is 20.8. The van der Waals surface area contributed by atoms with E-state index < -0.39 is 0 Å². The van der Waals surface area contributed by atoms with Crippen molar-refractivity contribution in [3.8, 4) is 0 Å². The van der Waals surface area contributed by atoms with Crippen LogP contribution in [-0.4, -0.2) is 35.1 Å². The molecule has 6 heteroatoms. The van der Waals surface area contributed by atoms with Crippen molar-refractivity contribution in [3.05, 3.63) is 127 Å². The number of aryl methyl sites for hydroxylation is 1. The van der Waals surface area contributed by atoms with E-state index in [1.54, 1.807) is 11.8 Å². The second-order valence-corrected chi connectivity index (χ2v) is 11.2. The molecular formula is C30H25Cl2N3S. The number of aliphatic imine (C=N–C) groups is 1. The fourth-order valence-electron chi connectivity index (χ4n) is 5.06. The van der Waals surface area contributed by atoms with Gasteiger partial charge in [-0.3, -0.25) is 4.90 Å². The number of benzene rings is 3. The van der Waals surface area contributed by atoms with Gasteiger partial charge in [0.25, 0.3) is 0 Å². The first-order chi connectivity index (χ1) is 17.5. The molecule has 3 aliphatic heterocycles. The first kappa shape index (κ1) is 23.6. The minimum Gasteiger partial charge on any atom is -0.308 e. The molecule has 0 aliphatic carbocycles. The van der Waals surface area contributed by atoms with Crippen molar-refractivity contribution in [2.24, 2.45) is 4.99 Å². The Hall–Kier alpha value is -2.76. The number of likely N-dealkylation sites (N-methyl/N-ethyl adjacent to an activating group) is 1. The summed E-state index contributed by atoms with van der Waals surface area (Å²) in [5, 5.41) is 4.73. The molecule has 0 aromatic heterocycles. The lowest BCUT2D eigenvalue weighted by Gasteiger charge is -2.42. The Bertz CT molecular complexity index is 1440. The Balaban J connectivity index is 1.50. The summed E-state index contributed by atoms with van der Waals surface area (Å²) in [5.74, 6) is 0. The molecule has 0 amide bonds. The van der Waals surface area contributed by atoms with Crippen LogP contribution in [0.5, 0.6) is 0 Å². The van der Waals surface area contributed by atoms with Gasteiger partial charge in [0.15, 0.2) is 5.17 Å². The predicted octanol–water partition coefficient (Wildman–Crippen LogP) is 8.04. The monoisotopic (exact) mass is 529 g/mol. The van der Waals surface area contributed by atoms with Crippen molar-refractivity contribution >= 4 is 51.9 Å². The van der Waals surface area contributed by atoms with Gasteiger partial charge in [-0.2, -0.15) is 0 Å². The molecule has 1 atom stereocenters. The van der Waals surface area contributed by atoms with E-state index in [2.05, 4.69) is 83.8 Å². The van der Waals surface area contributed by atoms with Gasteiger partial charge in [-0.1, -0.05) is 89.1 Å². The zero-order valence-electron chi connectivity index (χ0n) is 20.1. The molecule has 0 saturated carbocycles. The van der Waals surface area contributed by atoms with Crippen LogP contribution in [0.15, 0.2) is 100 Å². The smallest absolute Gasteiger partial charge is 0.174 e. The van der Waals surface area contributed by atoms with E-state index in [9.17, 15) is 0 Å². The highest BCUT2D eigenvalue weighted by atomic mass is 35.5. The van der Waals surface area contributed by atoms with Gasteiger partial charge >= 0.3 is 0 Å². The number of thioether (sulfide) groups is 1. The van der Waals surface area contributed by atoms with E-state index in [4.69, 9.17) is 28.2 Å². The molecule has 3 aliphatic rings. The second kappa shape index (κ2) is 9.60. The summed E-state index contributed by atoms with van der Waals surface area (Å²) < 4.78 is 0. The standard InChI is InChI=1S/C30H25Cl2N3S/c1-19-3-7-21(8-4-19)27-18-36-30-33-28-23(15-20-5-11-24(31)12-6-20)16-34(2)17-26(28)29(35(27)30)22-9-13-25(32)14-10-22/h3-15,18,29H,16-17H2,1-2H3. The van der Waals surface area contributed by atoms with Crippen LogP contribution < -0.4 is 0 Å². The third-order valence-electron chi connectivity index (χ3n) is 6.77. The fraction of sp³-hybridized carbons (Fsp3) is 0.167. The number of nitrogens with zero attached hydrogens (tertiary/aromatic N) is 3. The van der Waals surface area contributed by atoms with Crippen molar-refractivity contribution in [2.45, 2.75) is 13.0 Å². The maximum Gasteiger partial charge on any atom is 0.174 e. The number of hydrogen-bond acceptors (Lipinski definition) is 4. The average molecular weight is 531 g/mol. The van der Waals surface area contributed by atoms with Crippen molar-refractivity contribution in [1.29, 1.82) is 0 Å². The summed E-state index contributed by atoms with van der Waals surface area (Å²) in [7, 11) is 2.17. The van der Waals surface area contributed by atoms with Crippen LogP contribution in [0.1, 0.15) is 28.3 Å². The van der Waals surface area contributed by atoms with Crippen molar-refractivity contribution in [3.63, 3.8) is 0 Å². The van der Waals surface area contributed by atoms with E-state index in [-0.39, 0.29) is 6.04 Å². The van der Waals surface area contributed by atoms with E-state index >= 15 is 0 Å². The largest absolute Gasteiger partial charge is 0.308 e. The van der Waals surface area contributed by atoms with Gasteiger partial charge in [0.05, 0.1) is 17.4 Å². The minimum atomic E-state index is 0.0312. The van der Waals surface area contributed by atoms with Crippen LogP contribution in [0, 0.1) is 6.92 Å². The Morgan fingerprint density at radius 2 is 1.56 bits per heavy atom. The highest BCUT2D eigenvalue weighted by Gasteiger charge is 2.41. The molecule has 36 heavy (non-hydrogen) atoms. The van der Waals surface area contributed by atoms with Gasteiger partial charge in [-0.25, -0.2) is 4.99 Å². The molecule has 3 heterocycles. The quantitative estimate of drug-likeness (QED) is 0.342. The van der Waals surface area contributed by atoms with E-state index in [1.165, 1.54) is 33.5 Å². The zero-order chi connectivity index (χ0) is 24.8. The number of hydrogen-bond donors (Lipinski definition) is 0. The Morgan fingerprint density at radius 1 is 0.889 bits per heavy atom. The summed E-state index contributed by atoms with van der Waals surface area (Å²) in [6.45, 7) is 3.81. The van der Waals surface area contributed by atoms with Gasteiger partial charge < -0.3 is 4.90 Å². The van der Waals surface area contributed by atoms with E-state index in [0.29, 0.717) is 0 Å². The minimum absolute atomic E-state index is 0.0312. The van der Waals surface area contributed by atoms with Crippen molar-refractivity contribution in [1.82, 2.24) is 9.80 Å². The number of rotatable bonds is 3. The first-order valence-corrected chi connectivity index (χ1v) is 13.6. The highest BCUT2D eigenvalue weighted by molar-refractivity contribution is 8.16. The molecule has 3 nitrogen and oxygen atoms in total. The third-order valence-corrected chi connectivity index (χ3v) is 8.11. The van der Waals surface area contributed by atoms with Gasteiger partial charge in [0, 0.05) is 28.5 Å². The summed E-state index contributed by atoms with van der Waals surface area (Å²) in [6.07, 6.45) is 2.24. The molecule has 180 valence electrons. The average Bonchev–Trinajstić information content (AvgIpc) is 3.29. The molecular weight excluding hydrogens is 505 g/mol. The summed E-state index contributed by atoms with van der Waals surface area (Å²) >= 11 is 14.1. The lowest BCUT2D eigenvalue weighted by molar-refractivity contribution is 0.344. The SMILES string of the molecule is Cc1ccc(C2=CSC3=NC4=C(CN(C)CC4=Cc4ccc(Cl)cc4)C(c4ccc(Cl)cc4)N23)cc1. The van der Waals surface area contributed by atoms with E-state index in [1.807, 2.05) is 24.3 Å². The fourth-order valence-corrected chi connectivity index (χ4v) is 6.24. The Kier molecular flexibility index (Phi) is 6.30. The first-order valence-electron chi connectivity index (χ1n) is 11.9. The molecule has 0 N–H and O–H groups in total. The van der Waals surface area contributed by atoms with Crippen LogP contribution in [0.3, 0.4) is 0 Å². The van der Waals surface area contributed by atoms with Crippen LogP contribution in [0.2, 0.25) is 10.0 Å². The molecule has 0 bridgehead atoms. The molecule has 0 saturated heterocycles. The van der Waals surface area contributed by atoms with Crippen LogP contribution >= 0.6 is 35.0 Å². The number of halogens is 2. The summed E-state index contributed by atoms with van der Waals surface area (Å²) in [5.41, 5.74) is 9.58. The molecule has 1 unspecified atom stereocenters. The molecule has 0 radical (unpaired) electrons. The van der Waals surface area contributed by atoms with Crippen LogP contribution in [0.4, 0.5) is 0 Å². The number of amidine groups is 1. The van der Waals surface area contributed by atoms with Gasteiger partial charge in [-0.05, 0) is 72.1 Å². The number of fused-ring (bicyclic) bond motifs is 1. The van der Waals surface area contributed by atoms with E-state index in [0.717, 1.165) is 39.6 Å². The highest BCUT2D eigenvalue weighted by Crippen LogP contribution is 2.49. The maximum absolute atomic E-state index is 6.29. The molecule has 6 rings (SSSR count). The molecule has 3 aromatic carbocycles. The van der Waals surface area contributed by atoms with Crippen molar-refractivity contribution < 1.29 is 0 Å². The third kappa shape index (κ3) is 4.44. The zero-order valence-corrected chi connectivity index (χ0v) is 22.4. The van der Waals surface area contributed by atoms with Gasteiger partial charge in [0.2, 0.25) is 0 Å². The topological polar surface area (TPSA) is 18.8 Å². The Labute approximate surface area is 226 Å². The summed E-state index contributed by atoms with van der Waals surface area (Å²) in [6, 6.07) is 25.0. The molecule has 0 spiro atoms. The Morgan fingerprint density at radius 3 is 2.25 bits per heavy atom. The lowest BCUT2D eigenvalue weighted by Crippen LogP contribution is -2.40. The second-order valence-electron chi connectivity index (χ2n) is 9.47. The van der Waals surface area contributed by atoms with Crippen molar-refractivity contribution in [2.75, 3.05) is 20.1 Å². The molecule has 0 fully saturated rings. The maximum atomic E-state index is 6.29. The summed E-state index contributed by atoms with van der Waals surface area (Å²) in [4.78, 5) is 10.0. The van der Waals surface area contributed by atoms with Gasteiger partial charge in [0.1, 0.15) is 0 Å². The van der Waals surface area contributed by atoms with Gasteiger partial charge in [-0.15, -0.1) is 0 Å². The van der Waals surface area contributed by atoms with Crippen LogP contribution in [0.25, 0.3) is 11.8 Å². The van der Waals surface area contributed by atoms with Crippen LogP contribution in [-0.2, 0) is 0 Å². The molecule has 3 aromatic rings.